The van der Waals surface area contributed by atoms with Crippen LogP contribution in [0.25, 0.3) is 5.69 Å². The molecule has 2 heterocycles. The summed E-state index contributed by atoms with van der Waals surface area (Å²) in [5, 5.41) is 10.1. The first-order chi connectivity index (χ1) is 10.1. The number of hydrazone groups is 1. The Morgan fingerprint density at radius 2 is 2.10 bits per heavy atom. The summed E-state index contributed by atoms with van der Waals surface area (Å²) in [7, 11) is 0. The quantitative estimate of drug-likeness (QED) is 0.750. The lowest BCUT2D eigenvalue weighted by molar-refractivity contribution is 0.308. The Kier molecular flexibility index (Phi) is 3.90. The van der Waals surface area contributed by atoms with Crippen LogP contribution in [0, 0.1) is 4.64 Å². The Hall–Kier alpha value is -1.54. The van der Waals surface area contributed by atoms with Crippen molar-refractivity contribution in [2.75, 3.05) is 6.54 Å². The maximum atomic E-state index is 6.05. The fraction of sp³-hybridized carbons (Fsp3) is 0.167. The predicted octanol–water partition coefficient (Wildman–Crippen LogP) is 2.85. The zero-order valence-corrected chi connectivity index (χ0v) is 13.4. The molecule has 0 saturated heterocycles. The second kappa shape index (κ2) is 5.69. The van der Waals surface area contributed by atoms with Crippen LogP contribution in [0.4, 0.5) is 0 Å². The van der Waals surface area contributed by atoms with Gasteiger partial charge in [-0.15, -0.1) is 10.6 Å². The molecule has 1 aromatic carbocycles. The molecule has 2 aromatic rings. The average molecular weight is 343 g/mol. The van der Waals surface area contributed by atoms with Gasteiger partial charge in [-0.2, -0.15) is 0 Å². The molecular formula is C12H12Cl2N6S. The number of H-pyrrole nitrogens is 1. The zero-order valence-electron chi connectivity index (χ0n) is 11.0. The van der Waals surface area contributed by atoms with Crippen LogP contribution >= 0.6 is 35.4 Å². The minimum Gasteiger partial charge on any atom is -0.299 e. The summed E-state index contributed by atoms with van der Waals surface area (Å²) in [6, 6.07) is 5.33. The van der Waals surface area contributed by atoms with E-state index in [-0.39, 0.29) is 0 Å². The fourth-order valence-corrected chi connectivity index (χ4v) is 2.63. The summed E-state index contributed by atoms with van der Waals surface area (Å²) >= 11 is 17.5. The van der Waals surface area contributed by atoms with Crippen LogP contribution in [0.5, 0.6) is 0 Å². The molecule has 110 valence electrons. The highest BCUT2D eigenvalue weighted by atomic mass is 35.5. The summed E-state index contributed by atoms with van der Waals surface area (Å²) in [6.45, 7) is 2.76. The van der Waals surface area contributed by atoms with E-state index in [9.17, 15) is 0 Å². The number of hydrogen-bond donors (Lipinski definition) is 3. The van der Waals surface area contributed by atoms with Crippen molar-refractivity contribution in [1.82, 2.24) is 25.9 Å². The average Bonchev–Trinajstić information content (AvgIpc) is 3.08. The molecule has 0 radical (unpaired) electrons. The van der Waals surface area contributed by atoms with Crippen LogP contribution in [0.3, 0.4) is 0 Å². The standard InChI is InChI=1S/C12H12Cl2N6S/c1-2-19-11(16-17-18-19)8-6-15-20(12(8)21)7-3-4-9(13)10(14)5-7/h3-6,15,17-18H,2H2,1H3. The van der Waals surface area contributed by atoms with Crippen molar-refractivity contribution in [3.63, 3.8) is 0 Å². The molecule has 0 amide bonds. The number of nitrogens with zero attached hydrogens (tertiary/aromatic N) is 3. The molecular weight excluding hydrogens is 331 g/mol. The highest BCUT2D eigenvalue weighted by Crippen LogP contribution is 2.25. The van der Waals surface area contributed by atoms with Crippen molar-refractivity contribution in [1.29, 1.82) is 0 Å². The molecule has 1 aliphatic rings. The lowest BCUT2D eigenvalue weighted by atomic mass is 10.3. The molecule has 0 saturated carbocycles. The molecule has 9 heteroatoms. The van der Waals surface area contributed by atoms with Gasteiger partial charge in [0.2, 0.25) is 0 Å². The van der Waals surface area contributed by atoms with Crippen LogP contribution in [0.2, 0.25) is 10.0 Å². The third-order valence-electron chi connectivity index (χ3n) is 3.09. The van der Waals surface area contributed by atoms with Crippen LogP contribution in [0.15, 0.2) is 29.5 Å². The molecule has 6 nitrogen and oxygen atoms in total. The Bertz CT molecular complexity index is 765. The van der Waals surface area contributed by atoms with Crippen LogP contribution in [0.1, 0.15) is 12.5 Å². The van der Waals surface area contributed by atoms with Gasteiger partial charge in [-0.25, -0.2) is 10.2 Å². The Labute approximate surface area is 136 Å². The van der Waals surface area contributed by atoms with Gasteiger partial charge in [-0.1, -0.05) is 35.4 Å². The molecule has 3 N–H and O–H groups in total. The Morgan fingerprint density at radius 3 is 2.81 bits per heavy atom. The molecule has 1 aliphatic heterocycles. The molecule has 0 fully saturated rings. The molecule has 0 unspecified atom stereocenters. The van der Waals surface area contributed by atoms with Crippen LogP contribution < -0.4 is 11.1 Å². The molecule has 0 spiro atoms. The van der Waals surface area contributed by atoms with Gasteiger partial charge in [0.05, 0.1) is 21.3 Å². The first kappa shape index (κ1) is 14.4. The van der Waals surface area contributed by atoms with Crippen LogP contribution in [-0.4, -0.2) is 27.2 Å². The molecule has 1 aromatic heterocycles. The van der Waals surface area contributed by atoms with Crippen molar-refractivity contribution in [3.8, 4) is 5.69 Å². The third kappa shape index (κ3) is 2.53. The van der Waals surface area contributed by atoms with Gasteiger partial charge in [0.1, 0.15) is 4.64 Å². The third-order valence-corrected chi connectivity index (χ3v) is 4.23. The molecule has 3 rings (SSSR count). The number of hydrogen-bond acceptors (Lipinski definition) is 5. The van der Waals surface area contributed by atoms with Crippen molar-refractivity contribution in [3.05, 3.63) is 44.6 Å². The van der Waals surface area contributed by atoms with E-state index in [4.69, 9.17) is 35.4 Å². The summed E-state index contributed by atoms with van der Waals surface area (Å²) in [4.78, 5) is 0. The van der Waals surface area contributed by atoms with E-state index in [1.165, 1.54) is 0 Å². The molecule has 0 atom stereocenters. The number of halogens is 2. The minimum absolute atomic E-state index is 0.476. The van der Waals surface area contributed by atoms with Gasteiger partial charge in [-0.3, -0.25) is 10.1 Å². The summed E-state index contributed by atoms with van der Waals surface area (Å²) < 4.78 is 2.36. The number of rotatable bonds is 3. The normalized spacial score (nSPS) is 14.2. The summed E-state index contributed by atoms with van der Waals surface area (Å²) in [5.74, 6) is 0.734. The Balaban J connectivity index is 2.03. The summed E-state index contributed by atoms with van der Waals surface area (Å²) in [6.07, 6.45) is 1.81. The van der Waals surface area contributed by atoms with E-state index >= 15 is 0 Å². The van der Waals surface area contributed by atoms with Gasteiger partial charge >= 0.3 is 0 Å². The number of benzene rings is 1. The highest BCUT2D eigenvalue weighted by molar-refractivity contribution is 7.71. The van der Waals surface area contributed by atoms with E-state index in [0.29, 0.717) is 14.7 Å². The Morgan fingerprint density at radius 1 is 1.29 bits per heavy atom. The van der Waals surface area contributed by atoms with Gasteiger partial charge < -0.3 is 0 Å². The van der Waals surface area contributed by atoms with E-state index in [1.54, 1.807) is 23.0 Å². The fourth-order valence-electron chi connectivity index (χ4n) is 2.03. The maximum Gasteiger partial charge on any atom is 0.177 e. The van der Waals surface area contributed by atoms with E-state index in [2.05, 4.69) is 21.3 Å². The molecule has 0 aliphatic carbocycles. The van der Waals surface area contributed by atoms with Gasteiger partial charge in [0.25, 0.3) is 0 Å². The molecule has 21 heavy (non-hydrogen) atoms. The second-order valence-corrected chi connectivity index (χ2v) is 5.53. The monoisotopic (exact) mass is 342 g/mol. The highest BCUT2D eigenvalue weighted by Gasteiger charge is 2.20. The number of aromatic amines is 1. The second-order valence-electron chi connectivity index (χ2n) is 4.33. The van der Waals surface area contributed by atoms with E-state index in [1.807, 2.05) is 18.0 Å². The van der Waals surface area contributed by atoms with E-state index < -0.39 is 0 Å². The van der Waals surface area contributed by atoms with Gasteiger partial charge in [-0.05, 0) is 25.1 Å². The van der Waals surface area contributed by atoms with Gasteiger partial charge in [0.15, 0.2) is 5.84 Å². The van der Waals surface area contributed by atoms with Crippen molar-refractivity contribution < 1.29 is 0 Å². The number of hydrazine groups is 2. The van der Waals surface area contributed by atoms with Crippen molar-refractivity contribution in [2.45, 2.75) is 6.92 Å². The van der Waals surface area contributed by atoms with Crippen molar-refractivity contribution in [2.24, 2.45) is 5.10 Å². The van der Waals surface area contributed by atoms with Crippen LogP contribution in [-0.2, 0) is 0 Å². The lowest BCUT2D eigenvalue weighted by Gasteiger charge is -2.14. The SMILES string of the molecule is CCN1NNN=C1c1c[nH]n(-c2ccc(Cl)c(Cl)c2)c1=S. The minimum atomic E-state index is 0.476. The molecule has 0 bridgehead atoms. The number of amidine groups is 1. The summed E-state index contributed by atoms with van der Waals surface area (Å²) in [5.41, 5.74) is 7.26. The smallest absolute Gasteiger partial charge is 0.177 e. The topological polar surface area (TPSA) is 60.4 Å². The number of nitrogens with one attached hydrogen (secondary N) is 3. The van der Waals surface area contributed by atoms with Crippen molar-refractivity contribution >= 4 is 41.3 Å². The first-order valence-electron chi connectivity index (χ1n) is 6.24. The first-order valence-corrected chi connectivity index (χ1v) is 7.40. The van der Waals surface area contributed by atoms with Gasteiger partial charge in [0, 0.05) is 12.7 Å². The lowest BCUT2D eigenvalue weighted by Crippen LogP contribution is -2.40. The largest absolute Gasteiger partial charge is 0.299 e. The predicted molar refractivity (Wildman–Crippen MR) is 86.2 cm³/mol. The van der Waals surface area contributed by atoms with E-state index in [0.717, 1.165) is 23.6 Å². The zero-order chi connectivity index (χ0) is 15.0. The number of aromatic nitrogens is 2. The maximum absolute atomic E-state index is 6.05.